The summed E-state index contributed by atoms with van der Waals surface area (Å²) in [4.78, 5) is 0. The first-order valence-electron chi connectivity index (χ1n) is 2.98. The Morgan fingerprint density at radius 1 is 0.923 bits per heavy atom. The molecule has 0 bridgehead atoms. The molecule has 8 heteroatoms. The second kappa shape index (κ2) is 3.64. The van der Waals surface area contributed by atoms with E-state index in [0.717, 1.165) is 0 Å². The molecular weight excluding hydrogens is 270 g/mol. The largest absolute Gasteiger partial charge is 0.426 e. The van der Waals surface area contributed by atoms with Crippen molar-refractivity contribution in [2.24, 2.45) is 0 Å². The molecule has 0 saturated carbocycles. The summed E-state index contributed by atoms with van der Waals surface area (Å²) in [6.07, 6.45) is -12.9. The van der Waals surface area contributed by atoms with Crippen molar-refractivity contribution in [3.05, 3.63) is 0 Å². The predicted octanol–water partition coefficient (Wildman–Crippen LogP) is 2.63. The van der Waals surface area contributed by atoms with Gasteiger partial charge in [0.05, 0.1) is 0 Å². The van der Waals surface area contributed by atoms with Gasteiger partial charge in [0.25, 0.3) is 5.60 Å². The SMILES string of the molecule is OC(CCBr)(C(F)(F)F)C(F)(F)F. The third-order valence-electron chi connectivity index (χ3n) is 1.39. The Kier molecular flexibility index (Phi) is 3.65. The first-order valence-corrected chi connectivity index (χ1v) is 4.10. The summed E-state index contributed by atoms with van der Waals surface area (Å²) in [7, 11) is 0. The van der Waals surface area contributed by atoms with Crippen LogP contribution in [0.5, 0.6) is 0 Å². The van der Waals surface area contributed by atoms with E-state index in [9.17, 15) is 26.3 Å². The highest BCUT2D eigenvalue weighted by atomic mass is 79.9. The average Bonchev–Trinajstić information content (AvgIpc) is 1.82. The summed E-state index contributed by atoms with van der Waals surface area (Å²) in [6.45, 7) is 0. The smallest absolute Gasteiger partial charge is 0.374 e. The van der Waals surface area contributed by atoms with E-state index < -0.39 is 29.7 Å². The summed E-state index contributed by atoms with van der Waals surface area (Å²) in [6, 6.07) is 0. The molecule has 0 aromatic heterocycles. The van der Waals surface area contributed by atoms with E-state index in [1.54, 1.807) is 0 Å². The number of rotatable bonds is 2. The Labute approximate surface area is 77.9 Å². The summed E-state index contributed by atoms with van der Waals surface area (Å²) in [5.41, 5.74) is -4.62. The standard InChI is InChI=1S/C5H5BrF6O/c6-2-1-3(13,4(7,8)9)5(10,11)12/h13H,1-2H2. The molecule has 1 nitrogen and oxygen atoms in total. The molecule has 1 N–H and O–H groups in total. The second-order valence-electron chi connectivity index (χ2n) is 2.29. The number of hydrogen-bond acceptors (Lipinski definition) is 1. The molecule has 0 fully saturated rings. The number of halogens is 7. The molecule has 0 aliphatic carbocycles. The maximum atomic E-state index is 11.8. The van der Waals surface area contributed by atoms with Crippen LogP contribution in [-0.2, 0) is 0 Å². The van der Waals surface area contributed by atoms with Gasteiger partial charge in [-0.2, -0.15) is 26.3 Å². The minimum absolute atomic E-state index is 0.595. The Morgan fingerprint density at radius 2 is 1.23 bits per heavy atom. The molecular formula is C5H5BrF6O. The fourth-order valence-electron chi connectivity index (χ4n) is 0.581. The summed E-state index contributed by atoms with van der Waals surface area (Å²) in [5, 5.41) is 7.81. The van der Waals surface area contributed by atoms with Crippen LogP contribution in [0.4, 0.5) is 26.3 Å². The van der Waals surface area contributed by atoms with E-state index in [0.29, 0.717) is 0 Å². The quantitative estimate of drug-likeness (QED) is 0.606. The van der Waals surface area contributed by atoms with Crippen LogP contribution < -0.4 is 0 Å². The third-order valence-corrected chi connectivity index (χ3v) is 1.79. The molecule has 80 valence electrons. The van der Waals surface area contributed by atoms with E-state index in [1.807, 2.05) is 0 Å². The number of hydrogen-bond donors (Lipinski definition) is 1. The van der Waals surface area contributed by atoms with E-state index in [4.69, 9.17) is 5.11 Å². The first kappa shape index (κ1) is 13.0. The minimum Gasteiger partial charge on any atom is -0.374 e. The van der Waals surface area contributed by atoms with Crippen LogP contribution in [-0.4, -0.2) is 28.4 Å². The van der Waals surface area contributed by atoms with Gasteiger partial charge in [-0.3, -0.25) is 0 Å². The third kappa shape index (κ3) is 2.49. The lowest BCUT2D eigenvalue weighted by atomic mass is 10.00. The van der Waals surface area contributed by atoms with Gasteiger partial charge in [0, 0.05) is 11.8 Å². The Bertz CT molecular complexity index is 159. The molecule has 13 heavy (non-hydrogen) atoms. The van der Waals surface area contributed by atoms with Gasteiger partial charge >= 0.3 is 12.4 Å². The first-order chi connectivity index (χ1) is 5.56. The Balaban J connectivity index is 4.96. The zero-order valence-electron chi connectivity index (χ0n) is 6.01. The zero-order valence-corrected chi connectivity index (χ0v) is 7.59. The average molecular weight is 275 g/mol. The lowest BCUT2D eigenvalue weighted by molar-refractivity contribution is -0.368. The van der Waals surface area contributed by atoms with Crippen molar-refractivity contribution in [2.45, 2.75) is 24.4 Å². The van der Waals surface area contributed by atoms with Crippen LogP contribution in [0.15, 0.2) is 0 Å². The van der Waals surface area contributed by atoms with E-state index in [1.165, 1.54) is 0 Å². The molecule has 0 aliphatic rings. The van der Waals surface area contributed by atoms with Gasteiger partial charge in [-0.1, -0.05) is 15.9 Å². The molecule has 0 radical (unpaired) electrons. The van der Waals surface area contributed by atoms with Crippen molar-refractivity contribution < 1.29 is 31.4 Å². The van der Waals surface area contributed by atoms with Gasteiger partial charge in [0.2, 0.25) is 0 Å². The molecule has 0 rings (SSSR count). The zero-order chi connectivity index (χ0) is 10.9. The molecule has 0 saturated heterocycles. The molecule has 0 aromatic carbocycles. The normalized spacial score (nSPS) is 14.8. The van der Waals surface area contributed by atoms with Crippen molar-refractivity contribution >= 4 is 15.9 Å². The van der Waals surface area contributed by atoms with Crippen LogP contribution in [0, 0.1) is 0 Å². The predicted molar refractivity (Wildman–Crippen MR) is 35.5 cm³/mol. The highest BCUT2D eigenvalue weighted by Gasteiger charge is 2.69. The van der Waals surface area contributed by atoms with Crippen molar-refractivity contribution in [3.8, 4) is 0 Å². The lowest BCUT2D eigenvalue weighted by Crippen LogP contribution is -2.57. The summed E-state index contributed by atoms with van der Waals surface area (Å²) in [5.74, 6) is 0. The fourth-order valence-corrected chi connectivity index (χ4v) is 1.15. The van der Waals surface area contributed by atoms with Crippen molar-refractivity contribution in [2.75, 3.05) is 5.33 Å². The van der Waals surface area contributed by atoms with Gasteiger partial charge in [-0.05, 0) is 0 Å². The maximum Gasteiger partial charge on any atom is 0.426 e. The van der Waals surface area contributed by atoms with Crippen LogP contribution in [0.1, 0.15) is 6.42 Å². The molecule has 0 atom stereocenters. The number of alkyl halides is 7. The molecule has 0 amide bonds. The Hall–Kier alpha value is 0.0200. The van der Waals surface area contributed by atoms with Gasteiger partial charge in [0.1, 0.15) is 0 Å². The van der Waals surface area contributed by atoms with Gasteiger partial charge in [-0.25, -0.2) is 0 Å². The lowest BCUT2D eigenvalue weighted by Gasteiger charge is -2.31. The summed E-state index contributed by atoms with van der Waals surface area (Å²) >= 11 is 2.41. The fraction of sp³-hybridized carbons (Fsp3) is 1.00. The van der Waals surface area contributed by atoms with Gasteiger partial charge < -0.3 is 5.11 Å². The molecule has 0 heterocycles. The topological polar surface area (TPSA) is 20.2 Å². The molecule has 0 aromatic rings. The van der Waals surface area contributed by atoms with Crippen molar-refractivity contribution in [1.29, 1.82) is 0 Å². The highest BCUT2D eigenvalue weighted by Crippen LogP contribution is 2.45. The van der Waals surface area contributed by atoms with E-state index in [2.05, 4.69) is 15.9 Å². The Morgan fingerprint density at radius 3 is 1.31 bits per heavy atom. The van der Waals surface area contributed by atoms with Crippen LogP contribution in [0.25, 0.3) is 0 Å². The number of aliphatic hydroxyl groups is 1. The molecule has 0 aliphatic heterocycles. The van der Waals surface area contributed by atoms with E-state index in [-0.39, 0.29) is 0 Å². The minimum atomic E-state index is -5.71. The second-order valence-corrected chi connectivity index (χ2v) is 3.09. The summed E-state index contributed by atoms with van der Waals surface area (Å²) < 4.78 is 70.8. The van der Waals surface area contributed by atoms with Crippen LogP contribution in [0.3, 0.4) is 0 Å². The monoisotopic (exact) mass is 274 g/mol. The molecule has 0 spiro atoms. The van der Waals surface area contributed by atoms with Crippen LogP contribution in [0.2, 0.25) is 0 Å². The van der Waals surface area contributed by atoms with Crippen molar-refractivity contribution in [3.63, 3.8) is 0 Å². The van der Waals surface area contributed by atoms with E-state index >= 15 is 0 Å². The maximum absolute atomic E-state index is 11.8. The van der Waals surface area contributed by atoms with Crippen LogP contribution >= 0.6 is 15.9 Å². The van der Waals surface area contributed by atoms with Gasteiger partial charge in [0.15, 0.2) is 0 Å². The molecule has 0 unspecified atom stereocenters. The van der Waals surface area contributed by atoms with Crippen molar-refractivity contribution in [1.82, 2.24) is 0 Å². The van der Waals surface area contributed by atoms with Gasteiger partial charge in [-0.15, -0.1) is 0 Å². The highest BCUT2D eigenvalue weighted by molar-refractivity contribution is 9.09.